The van der Waals surface area contributed by atoms with E-state index < -0.39 is 5.97 Å². The summed E-state index contributed by atoms with van der Waals surface area (Å²) in [5, 5.41) is 22.0. The zero-order chi connectivity index (χ0) is 13.3. The summed E-state index contributed by atoms with van der Waals surface area (Å²) in [5.41, 5.74) is 1.74. The van der Waals surface area contributed by atoms with Crippen molar-refractivity contribution >= 4 is 5.97 Å². The minimum absolute atomic E-state index is 0.0263. The highest BCUT2D eigenvalue weighted by atomic mass is 16.5. The zero-order valence-corrected chi connectivity index (χ0v) is 10.4. The molecule has 2 unspecified atom stereocenters. The Balaban J connectivity index is 2.23. The molecule has 98 valence electrons. The summed E-state index contributed by atoms with van der Waals surface area (Å²) in [7, 11) is 1.51. The second-order valence-corrected chi connectivity index (χ2v) is 4.62. The Labute approximate surface area is 105 Å². The van der Waals surface area contributed by atoms with Crippen LogP contribution in [0.5, 0.6) is 11.5 Å². The number of phenols is 1. The minimum Gasteiger partial charge on any atom is -0.504 e. The molecule has 1 saturated heterocycles. The molecule has 1 aromatic carbocycles. The molecule has 0 amide bonds. The van der Waals surface area contributed by atoms with Gasteiger partial charge in [-0.15, -0.1) is 0 Å². The summed E-state index contributed by atoms with van der Waals surface area (Å²) in [5.74, 6) is -0.585. The topological polar surface area (TPSA) is 78.8 Å². The minimum atomic E-state index is -0.778. The molecule has 2 rings (SSSR count). The molecule has 5 nitrogen and oxygen atoms in total. The molecule has 1 aliphatic rings. The molecule has 1 heterocycles. The molecule has 1 aliphatic heterocycles. The van der Waals surface area contributed by atoms with Crippen LogP contribution in [0.2, 0.25) is 0 Å². The van der Waals surface area contributed by atoms with E-state index in [1.54, 1.807) is 6.07 Å². The van der Waals surface area contributed by atoms with Crippen LogP contribution in [-0.4, -0.2) is 29.8 Å². The first-order valence-corrected chi connectivity index (χ1v) is 5.86. The number of carboxylic acid groups (broad SMARTS) is 1. The summed E-state index contributed by atoms with van der Waals surface area (Å²) >= 11 is 0. The van der Waals surface area contributed by atoms with Crippen molar-refractivity contribution in [1.29, 1.82) is 0 Å². The molecule has 1 aromatic rings. The van der Waals surface area contributed by atoms with Crippen LogP contribution < -0.4 is 10.1 Å². The van der Waals surface area contributed by atoms with E-state index >= 15 is 0 Å². The molecule has 0 aromatic heterocycles. The first-order valence-electron chi connectivity index (χ1n) is 5.86. The summed E-state index contributed by atoms with van der Waals surface area (Å²) in [6.45, 7) is 2.32. The molecule has 5 heteroatoms. The van der Waals surface area contributed by atoms with Gasteiger partial charge in [-0.3, -0.25) is 4.79 Å². The van der Waals surface area contributed by atoms with Crippen LogP contribution in [0.1, 0.15) is 23.6 Å². The van der Waals surface area contributed by atoms with Gasteiger partial charge in [0, 0.05) is 12.6 Å². The van der Waals surface area contributed by atoms with Gasteiger partial charge in [-0.1, -0.05) is 6.07 Å². The molecular weight excluding hydrogens is 234 g/mol. The van der Waals surface area contributed by atoms with Crippen molar-refractivity contribution in [3.8, 4) is 11.5 Å². The van der Waals surface area contributed by atoms with Gasteiger partial charge in [0.25, 0.3) is 0 Å². The third-order valence-corrected chi connectivity index (χ3v) is 3.36. The SMILES string of the molecule is COc1c(C)cc(C2CC(C(=O)O)CN2)cc1O. The zero-order valence-electron chi connectivity index (χ0n) is 10.4. The third-order valence-electron chi connectivity index (χ3n) is 3.36. The summed E-state index contributed by atoms with van der Waals surface area (Å²) in [4.78, 5) is 10.9. The van der Waals surface area contributed by atoms with Gasteiger partial charge in [-0.05, 0) is 30.5 Å². The predicted molar refractivity (Wildman–Crippen MR) is 65.9 cm³/mol. The number of methoxy groups -OCH3 is 1. The molecule has 1 fully saturated rings. The van der Waals surface area contributed by atoms with Crippen LogP contribution in [0.4, 0.5) is 0 Å². The van der Waals surface area contributed by atoms with Crippen molar-refractivity contribution < 1.29 is 19.7 Å². The summed E-state index contributed by atoms with van der Waals surface area (Å²) in [6, 6.07) is 3.52. The number of rotatable bonds is 3. The number of benzene rings is 1. The number of ether oxygens (including phenoxy) is 1. The molecule has 0 spiro atoms. The average Bonchev–Trinajstić information content (AvgIpc) is 2.77. The maximum Gasteiger partial charge on any atom is 0.307 e. The molecule has 2 atom stereocenters. The lowest BCUT2D eigenvalue weighted by Gasteiger charge is -2.14. The lowest BCUT2D eigenvalue weighted by Crippen LogP contribution is -2.17. The Kier molecular flexibility index (Phi) is 3.43. The van der Waals surface area contributed by atoms with Gasteiger partial charge in [0.2, 0.25) is 0 Å². The number of aliphatic carboxylic acids is 1. The first-order chi connectivity index (χ1) is 8.52. The van der Waals surface area contributed by atoms with Crippen molar-refractivity contribution in [1.82, 2.24) is 5.32 Å². The maximum absolute atomic E-state index is 10.9. The second kappa shape index (κ2) is 4.86. The van der Waals surface area contributed by atoms with Gasteiger partial charge in [-0.2, -0.15) is 0 Å². The summed E-state index contributed by atoms with van der Waals surface area (Å²) in [6.07, 6.45) is 0.542. The number of hydrogen-bond acceptors (Lipinski definition) is 4. The number of aromatic hydroxyl groups is 1. The van der Waals surface area contributed by atoms with E-state index in [1.165, 1.54) is 7.11 Å². The third kappa shape index (κ3) is 2.26. The Morgan fingerprint density at radius 2 is 2.22 bits per heavy atom. The van der Waals surface area contributed by atoms with Gasteiger partial charge in [0.15, 0.2) is 11.5 Å². The van der Waals surface area contributed by atoms with E-state index in [0.717, 1.165) is 11.1 Å². The number of hydrogen-bond donors (Lipinski definition) is 3. The Bertz CT molecular complexity index is 449. The van der Waals surface area contributed by atoms with Crippen LogP contribution in [0.3, 0.4) is 0 Å². The highest BCUT2D eigenvalue weighted by Crippen LogP contribution is 2.36. The number of carbonyl (C=O) groups is 1. The Hall–Kier alpha value is -1.75. The largest absolute Gasteiger partial charge is 0.504 e. The van der Waals surface area contributed by atoms with Gasteiger partial charge >= 0.3 is 5.97 Å². The average molecular weight is 251 g/mol. The molecule has 18 heavy (non-hydrogen) atoms. The Morgan fingerprint density at radius 3 is 2.72 bits per heavy atom. The van der Waals surface area contributed by atoms with Crippen molar-refractivity contribution in [3.05, 3.63) is 23.3 Å². The van der Waals surface area contributed by atoms with E-state index in [2.05, 4.69) is 5.32 Å². The number of aryl methyl sites for hydroxylation is 1. The van der Waals surface area contributed by atoms with Crippen molar-refractivity contribution in [3.63, 3.8) is 0 Å². The monoisotopic (exact) mass is 251 g/mol. The fraction of sp³-hybridized carbons (Fsp3) is 0.462. The fourth-order valence-electron chi connectivity index (χ4n) is 2.43. The lowest BCUT2D eigenvalue weighted by molar-refractivity contribution is -0.141. The number of nitrogens with one attached hydrogen (secondary N) is 1. The van der Waals surface area contributed by atoms with Gasteiger partial charge < -0.3 is 20.3 Å². The molecule has 3 N–H and O–H groups in total. The molecule has 0 saturated carbocycles. The van der Waals surface area contributed by atoms with Crippen LogP contribution in [0.15, 0.2) is 12.1 Å². The van der Waals surface area contributed by atoms with E-state index in [4.69, 9.17) is 9.84 Å². The standard InChI is InChI=1S/C13H17NO4/c1-7-3-8(5-11(15)12(7)18-2)10-4-9(6-14-10)13(16)17/h3,5,9-10,14-15H,4,6H2,1-2H3,(H,16,17). The quantitative estimate of drug-likeness (QED) is 0.757. The van der Waals surface area contributed by atoms with Gasteiger partial charge in [0.05, 0.1) is 13.0 Å². The normalized spacial score (nSPS) is 23.0. The smallest absolute Gasteiger partial charge is 0.307 e. The molecule has 0 radical (unpaired) electrons. The van der Waals surface area contributed by atoms with Gasteiger partial charge in [0.1, 0.15) is 0 Å². The number of phenolic OH excluding ortho intramolecular Hbond substituents is 1. The highest BCUT2D eigenvalue weighted by molar-refractivity contribution is 5.70. The van der Waals surface area contributed by atoms with E-state index in [1.807, 2.05) is 13.0 Å². The predicted octanol–water partition coefficient (Wildman–Crippen LogP) is 1.44. The molecular formula is C13H17NO4. The Morgan fingerprint density at radius 1 is 1.50 bits per heavy atom. The second-order valence-electron chi connectivity index (χ2n) is 4.62. The fourth-order valence-corrected chi connectivity index (χ4v) is 2.43. The maximum atomic E-state index is 10.9. The lowest BCUT2D eigenvalue weighted by atomic mass is 9.98. The first kappa shape index (κ1) is 12.7. The van der Waals surface area contributed by atoms with E-state index in [-0.39, 0.29) is 17.7 Å². The van der Waals surface area contributed by atoms with Crippen LogP contribution in [-0.2, 0) is 4.79 Å². The van der Waals surface area contributed by atoms with Crippen molar-refractivity contribution in [2.75, 3.05) is 13.7 Å². The molecule has 0 aliphatic carbocycles. The molecule has 0 bridgehead atoms. The van der Waals surface area contributed by atoms with Crippen LogP contribution in [0, 0.1) is 12.8 Å². The van der Waals surface area contributed by atoms with Crippen molar-refractivity contribution in [2.24, 2.45) is 5.92 Å². The van der Waals surface area contributed by atoms with Crippen molar-refractivity contribution in [2.45, 2.75) is 19.4 Å². The van der Waals surface area contributed by atoms with Crippen LogP contribution >= 0.6 is 0 Å². The summed E-state index contributed by atoms with van der Waals surface area (Å²) < 4.78 is 5.09. The van der Waals surface area contributed by atoms with Gasteiger partial charge in [-0.25, -0.2) is 0 Å². The van der Waals surface area contributed by atoms with Crippen LogP contribution in [0.25, 0.3) is 0 Å². The van der Waals surface area contributed by atoms with E-state index in [9.17, 15) is 9.90 Å². The number of carboxylic acids is 1. The van der Waals surface area contributed by atoms with E-state index in [0.29, 0.717) is 18.7 Å². The highest BCUT2D eigenvalue weighted by Gasteiger charge is 2.30.